The molecule has 0 saturated heterocycles. The first-order chi connectivity index (χ1) is 9.10. The molecule has 3 aromatic rings. The van der Waals surface area contributed by atoms with Gasteiger partial charge in [-0.3, -0.25) is 4.79 Å². The van der Waals surface area contributed by atoms with Crippen molar-refractivity contribution >= 4 is 28.5 Å². The summed E-state index contributed by atoms with van der Waals surface area (Å²) in [6.45, 7) is 1.72. The Bertz CT molecular complexity index is 809. The normalized spacial score (nSPS) is 11.0. The number of benzene rings is 1. The Morgan fingerprint density at radius 1 is 1.32 bits per heavy atom. The lowest BCUT2D eigenvalue weighted by Gasteiger charge is -1.96. The minimum atomic E-state index is -0.199. The summed E-state index contributed by atoms with van der Waals surface area (Å²) in [5.74, 6) is 0.551. The zero-order valence-corrected chi connectivity index (χ0v) is 10.8. The first-order valence-electron chi connectivity index (χ1n) is 5.52. The van der Waals surface area contributed by atoms with Crippen molar-refractivity contribution in [2.75, 3.05) is 5.73 Å². The predicted octanol–water partition coefficient (Wildman–Crippen LogP) is 1.95. The molecule has 2 heterocycles. The number of aromatic amines is 1. The lowest BCUT2D eigenvalue weighted by Crippen LogP contribution is -2.07. The number of aromatic nitrogens is 3. The molecule has 0 unspecified atom stereocenters. The standard InChI is InChI=1S/C12H10N4O2S/c1-6-14-10(17)5-11(15-6)19-12-16-8-4-7(13)2-3-9(8)18-12/h2-5H,13H2,1H3,(H,14,15,17). The molecule has 0 radical (unpaired) electrons. The van der Waals surface area contributed by atoms with Gasteiger partial charge in [0.05, 0.1) is 0 Å². The lowest BCUT2D eigenvalue weighted by atomic mass is 10.3. The molecule has 6 nitrogen and oxygen atoms in total. The molecule has 0 aliphatic carbocycles. The molecule has 0 amide bonds. The number of aryl methyl sites for hydroxylation is 1. The molecule has 0 aliphatic rings. The van der Waals surface area contributed by atoms with Crippen LogP contribution in [0.15, 0.2) is 43.7 Å². The number of nitrogens with zero attached hydrogens (tertiary/aromatic N) is 2. The molecule has 3 N–H and O–H groups in total. The fourth-order valence-corrected chi connectivity index (χ4v) is 2.46. The molecule has 7 heteroatoms. The van der Waals surface area contributed by atoms with E-state index in [1.54, 1.807) is 25.1 Å². The maximum atomic E-state index is 11.3. The molecule has 0 aliphatic heterocycles. The Hall–Kier alpha value is -2.28. The number of nitrogen functional groups attached to an aromatic ring is 1. The van der Waals surface area contributed by atoms with Gasteiger partial charge in [-0.1, -0.05) is 0 Å². The Kier molecular flexibility index (Phi) is 2.75. The van der Waals surface area contributed by atoms with Crippen molar-refractivity contribution in [3.63, 3.8) is 0 Å². The van der Waals surface area contributed by atoms with Crippen molar-refractivity contribution in [3.05, 3.63) is 40.4 Å². The molecule has 19 heavy (non-hydrogen) atoms. The number of anilines is 1. The third kappa shape index (κ3) is 2.45. The highest BCUT2D eigenvalue weighted by Gasteiger charge is 2.09. The van der Waals surface area contributed by atoms with Crippen LogP contribution in [0.2, 0.25) is 0 Å². The van der Waals surface area contributed by atoms with Crippen molar-refractivity contribution in [3.8, 4) is 0 Å². The summed E-state index contributed by atoms with van der Waals surface area (Å²) < 4.78 is 5.55. The number of nitrogens with one attached hydrogen (secondary N) is 1. The van der Waals surface area contributed by atoms with Gasteiger partial charge in [0.2, 0.25) is 0 Å². The van der Waals surface area contributed by atoms with Gasteiger partial charge in [-0.2, -0.15) is 0 Å². The van der Waals surface area contributed by atoms with Crippen LogP contribution in [0.3, 0.4) is 0 Å². The molecule has 2 aromatic heterocycles. The molecular weight excluding hydrogens is 264 g/mol. The van der Waals surface area contributed by atoms with Crippen LogP contribution in [-0.2, 0) is 0 Å². The fraction of sp³-hybridized carbons (Fsp3) is 0.0833. The van der Waals surface area contributed by atoms with E-state index in [-0.39, 0.29) is 5.56 Å². The van der Waals surface area contributed by atoms with Gasteiger partial charge in [-0.25, -0.2) is 9.97 Å². The molecule has 0 spiro atoms. The number of oxazole rings is 1. The quantitative estimate of drug-likeness (QED) is 0.547. The largest absolute Gasteiger partial charge is 0.431 e. The Morgan fingerprint density at radius 2 is 2.16 bits per heavy atom. The third-order valence-corrected chi connectivity index (χ3v) is 3.19. The zero-order chi connectivity index (χ0) is 13.4. The van der Waals surface area contributed by atoms with Crippen LogP contribution in [0.5, 0.6) is 0 Å². The Labute approximate surface area is 112 Å². The summed E-state index contributed by atoms with van der Waals surface area (Å²) in [7, 11) is 0. The highest BCUT2D eigenvalue weighted by molar-refractivity contribution is 7.99. The number of fused-ring (bicyclic) bond motifs is 1. The average molecular weight is 274 g/mol. The molecule has 96 valence electrons. The van der Waals surface area contributed by atoms with Gasteiger partial charge in [0.25, 0.3) is 10.8 Å². The summed E-state index contributed by atoms with van der Waals surface area (Å²) in [6, 6.07) is 6.65. The lowest BCUT2D eigenvalue weighted by molar-refractivity contribution is 0.489. The minimum absolute atomic E-state index is 0.199. The maximum Gasteiger partial charge on any atom is 0.263 e. The van der Waals surface area contributed by atoms with Gasteiger partial charge in [0.15, 0.2) is 5.58 Å². The van der Waals surface area contributed by atoms with Crippen LogP contribution in [0.25, 0.3) is 11.1 Å². The van der Waals surface area contributed by atoms with E-state index >= 15 is 0 Å². The topological polar surface area (TPSA) is 97.8 Å². The number of nitrogens with two attached hydrogens (primary N) is 1. The van der Waals surface area contributed by atoms with Crippen LogP contribution >= 0.6 is 11.8 Å². The van der Waals surface area contributed by atoms with Crippen molar-refractivity contribution in [1.29, 1.82) is 0 Å². The molecule has 0 atom stereocenters. The first kappa shape index (κ1) is 11.8. The van der Waals surface area contributed by atoms with E-state index in [1.165, 1.54) is 17.8 Å². The van der Waals surface area contributed by atoms with E-state index in [0.717, 1.165) is 0 Å². The third-order valence-electron chi connectivity index (χ3n) is 2.42. The smallest absolute Gasteiger partial charge is 0.263 e. The Balaban J connectivity index is 1.98. The second-order valence-corrected chi connectivity index (χ2v) is 4.95. The molecule has 0 bridgehead atoms. The van der Waals surface area contributed by atoms with Gasteiger partial charge < -0.3 is 15.1 Å². The van der Waals surface area contributed by atoms with E-state index in [1.807, 2.05) is 0 Å². The summed E-state index contributed by atoms with van der Waals surface area (Å²) >= 11 is 1.20. The van der Waals surface area contributed by atoms with Crippen LogP contribution in [-0.4, -0.2) is 15.0 Å². The summed E-state index contributed by atoms with van der Waals surface area (Å²) in [5, 5.41) is 0.971. The minimum Gasteiger partial charge on any atom is -0.431 e. The van der Waals surface area contributed by atoms with Gasteiger partial charge in [-0.15, -0.1) is 0 Å². The molecule has 3 rings (SSSR count). The van der Waals surface area contributed by atoms with E-state index < -0.39 is 0 Å². The highest BCUT2D eigenvalue weighted by Crippen LogP contribution is 2.28. The van der Waals surface area contributed by atoms with Crippen molar-refractivity contribution in [2.24, 2.45) is 0 Å². The number of rotatable bonds is 2. The SMILES string of the molecule is Cc1nc(Sc2nc3cc(N)ccc3o2)cc(=O)[nH]1. The van der Waals surface area contributed by atoms with Gasteiger partial charge in [-0.05, 0) is 36.9 Å². The highest BCUT2D eigenvalue weighted by atomic mass is 32.2. The van der Waals surface area contributed by atoms with Crippen LogP contribution < -0.4 is 11.3 Å². The average Bonchev–Trinajstić information content (AvgIpc) is 2.68. The van der Waals surface area contributed by atoms with Crippen molar-refractivity contribution in [2.45, 2.75) is 17.2 Å². The second kappa shape index (κ2) is 4.43. The van der Waals surface area contributed by atoms with E-state index in [9.17, 15) is 4.79 Å². The maximum absolute atomic E-state index is 11.3. The molecule has 0 saturated carbocycles. The van der Waals surface area contributed by atoms with Gasteiger partial charge in [0, 0.05) is 11.8 Å². The number of hydrogen-bond acceptors (Lipinski definition) is 6. The van der Waals surface area contributed by atoms with Crippen LogP contribution in [0.1, 0.15) is 5.82 Å². The predicted molar refractivity (Wildman–Crippen MR) is 72.1 cm³/mol. The molecular formula is C12H10N4O2S. The fourth-order valence-electron chi connectivity index (χ4n) is 1.66. The van der Waals surface area contributed by atoms with E-state index in [0.29, 0.717) is 32.9 Å². The van der Waals surface area contributed by atoms with E-state index in [4.69, 9.17) is 10.2 Å². The van der Waals surface area contributed by atoms with Crippen molar-refractivity contribution in [1.82, 2.24) is 15.0 Å². The summed E-state index contributed by atoms with van der Waals surface area (Å²) in [6.07, 6.45) is 0. The summed E-state index contributed by atoms with van der Waals surface area (Å²) in [5.41, 5.74) is 7.44. The first-order valence-corrected chi connectivity index (χ1v) is 6.34. The van der Waals surface area contributed by atoms with Crippen LogP contribution in [0.4, 0.5) is 5.69 Å². The van der Waals surface area contributed by atoms with E-state index in [2.05, 4.69) is 15.0 Å². The molecule has 0 fully saturated rings. The number of H-pyrrole nitrogens is 1. The second-order valence-electron chi connectivity index (χ2n) is 3.98. The summed E-state index contributed by atoms with van der Waals surface area (Å²) in [4.78, 5) is 22.4. The van der Waals surface area contributed by atoms with Gasteiger partial charge >= 0.3 is 0 Å². The van der Waals surface area contributed by atoms with Crippen LogP contribution in [0, 0.1) is 6.92 Å². The number of hydrogen-bond donors (Lipinski definition) is 2. The monoisotopic (exact) mass is 274 g/mol. The van der Waals surface area contributed by atoms with Gasteiger partial charge in [0.1, 0.15) is 16.4 Å². The zero-order valence-electron chi connectivity index (χ0n) is 10.0. The molecule has 1 aromatic carbocycles. The Morgan fingerprint density at radius 3 is 2.95 bits per heavy atom. The van der Waals surface area contributed by atoms with Crippen molar-refractivity contribution < 1.29 is 4.42 Å².